The summed E-state index contributed by atoms with van der Waals surface area (Å²) in [5, 5.41) is 10.4. The van der Waals surface area contributed by atoms with E-state index in [0.717, 1.165) is 0 Å². The third-order valence-electron chi connectivity index (χ3n) is 2.07. The van der Waals surface area contributed by atoms with Gasteiger partial charge in [0.15, 0.2) is 5.78 Å². The highest BCUT2D eigenvalue weighted by atomic mass is 79.9. The van der Waals surface area contributed by atoms with Crippen molar-refractivity contribution < 1.29 is 9.72 Å². The minimum absolute atomic E-state index is 0.0264. The van der Waals surface area contributed by atoms with E-state index in [1.165, 1.54) is 24.3 Å². The van der Waals surface area contributed by atoms with Crippen LogP contribution in [0.5, 0.6) is 0 Å². The molecule has 1 unspecified atom stereocenters. The SMILES string of the molecule is NCCC(Br)C(=O)c1ccc([N+](=O)[O-])cc1. The molecule has 1 aromatic carbocycles. The molecular formula is C10H11BrN2O3. The zero-order valence-corrected chi connectivity index (χ0v) is 10.0. The van der Waals surface area contributed by atoms with Gasteiger partial charge in [-0.05, 0) is 25.1 Å². The minimum Gasteiger partial charge on any atom is -0.330 e. The Labute approximate surface area is 101 Å². The zero-order chi connectivity index (χ0) is 12.1. The van der Waals surface area contributed by atoms with Crippen molar-refractivity contribution in [3.8, 4) is 0 Å². The van der Waals surface area contributed by atoms with Crippen molar-refractivity contribution in [3.05, 3.63) is 39.9 Å². The number of nitrogens with zero attached hydrogens (tertiary/aromatic N) is 1. The molecule has 1 aromatic rings. The molecule has 2 N–H and O–H groups in total. The summed E-state index contributed by atoms with van der Waals surface area (Å²) >= 11 is 3.22. The van der Waals surface area contributed by atoms with Crippen molar-refractivity contribution in [1.82, 2.24) is 0 Å². The van der Waals surface area contributed by atoms with E-state index >= 15 is 0 Å². The van der Waals surface area contributed by atoms with E-state index in [4.69, 9.17) is 5.73 Å². The minimum atomic E-state index is -0.500. The van der Waals surface area contributed by atoms with E-state index < -0.39 is 4.92 Å². The summed E-state index contributed by atoms with van der Waals surface area (Å²) in [6, 6.07) is 5.53. The molecule has 0 aliphatic carbocycles. The third-order valence-corrected chi connectivity index (χ3v) is 2.94. The molecule has 0 amide bonds. The predicted molar refractivity (Wildman–Crippen MR) is 63.8 cm³/mol. The fourth-order valence-corrected chi connectivity index (χ4v) is 1.73. The molecule has 16 heavy (non-hydrogen) atoms. The van der Waals surface area contributed by atoms with Gasteiger partial charge in [-0.3, -0.25) is 14.9 Å². The van der Waals surface area contributed by atoms with Crippen LogP contribution in [0.2, 0.25) is 0 Å². The van der Waals surface area contributed by atoms with Gasteiger partial charge in [-0.15, -0.1) is 0 Å². The molecule has 0 aromatic heterocycles. The van der Waals surface area contributed by atoms with E-state index in [2.05, 4.69) is 15.9 Å². The van der Waals surface area contributed by atoms with Gasteiger partial charge in [-0.1, -0.05) is 15.9 Å². The molecule has 0 saturated heterocycles. The Bertz CT molecular complexity index is 392. The Morgan fingerprint density at radius 2 is 2.00 bits per heavy atom. The van der Waals surface area contributed by atoms with Gasteiger partial charge in [0.2, 0.25) is 0 Å². The lowest BCUT2D eigenvalue weighted by Crippen LogP contribution is -2.18. The van der Waals surface area contributed by atoms with E-state index in [1.54, 1.807) is 0 Å². The van der Waals surface area contributed by atoms with E-state index in [1.807, 2.05) is 0 Å². The van der Waals surface area contributed by atoms with Crippen LogP contribution in [0, 0.1) is 10.1 Å². The molecule has 86 valence electrons. The second kappa shape index (κ2) is 5.72. The number of carbonyl (C=O) groups is 1. The summed E-state index contributed by atoms with van der Waals surface area (Å²) in [6.45, 7) is 0.411. The lowest BCUT2D eigenvalue weighted by molar-refractivity contribution is -0.384. The number of nitro benzene ring substituents is 1. The fourth-order valence-electron chi connectivity index (χ4n) is 1.21. The highest BCUT2D eigenvalue weighted by molar-refractivity contribution is 9.10. The first-order valence-corrected chi connectivity index (χ1v) is 5.60. The smallest absolute Gasteiger partial charge is 0.269 e. The van der Waals surface area contributed by atoms with Crippen molar-refractivity contribution in [1.29, 1.82) is 0 Å². The number of Topliss-reactive ketones (excluding diaryl/α,β-unsaturated/α-hetero) is 1. The number of rotatable bonds is 5. The van der Waals surface area contributed by atoms with Crippen LogP contribution in [0.1, 0.15) is 16.8 Å². The highest BCUT2D eigenvalue weighted by Gasteiger charge is 2.16. The van der Waals surface area contributed by atoms with Crippen LogP contribution >= 0.6 is 15.9 Å². The molecule has 6 heteroatoms. The summed E-state index contributed by atoms with van der Waals surface area (Å²) in [6.07, 6.45) is 0.538. The summed E-state index contributed by atoms with van der Waals surface area (Å²) < 4.78 is 0. The van der Waals surface area contributed by atoms with E-state index in [-0.39, 0.29) is 16.3 Å². The molecule has 1 rings (SSSR count). The van der Waals surface area contributed by atoms with E-state index in [9.17, 15) is 14.9 Å². The second-order valence-electron chi connectivity index (χ2n) is 3.21. The van der Waals surface area contributed by atoms with Gasteiger partial charge in [0.05, 0.1) is 9.75 Å². The third kappa shape index (κ3) is 3.11. The van der Waals surface area contributed by atoms with Gasteiger partial charge in [0, 0.05) is 17.7 Å². The number of carbonyl (C=O) groups excluding carboxylic acids is 1. The number of alkyl halides is 1. The summed E-state index contributed by atoms with van der Waals surface area (Å²) in [5.74, 6) is -0.111. The monoisotopic (exact) mass is 286 g/mol. The summed E-state index contributed by atoms with van der Waals surface area (Å²) in [4.78, 5) is 21.3. The van der Waals surface area contributed by atoms with Crippen LogP contribution in [-0.2, 0) is 0 Å². The molecule has 0 fully saturated rings. The Morgan fingerprint density at radius 3 is 2.44 bits per heavy atom. The number of hydrogen-bond acceptors (Lipinski definition) is 4. The van der Waals surface area contributed by atoms with Crippen molar-refractivity contribution in [2.75, 3.05) is 6.54 Å². The van der Waals surface area contributed by atoms with Crippen molar-refractivity contribution in [2.24, 2.45) is 5.73 Å². The van der Waals surface area contributed by atoms with Gasteiger partial charge in [-0.25, -0.2) is 0 Å². The Morgan fingerprint density at radius 1 is 1.44 bits per heavy atom. The number of benzene rings is 1. The molecular weight excluding hydrogens is 276 g/mol. The zero-order valence-electron chi connectivity index (χ0n) is 8.43. The first-order valence-electron chi connectivity index (χ1n) is 4.69. The molecule has 1 atom stereocenters. The fraction of sp³-hybridized carbons (Fsp3) is 0.300. The van der Waals surface area contributed by atoms with Crippen molar-refractivity contribution >= 4 is 27.4 Å². The van der Waals surface area contributed by atoms with Gasteiger partial charge >= 0.3 is 0 Å². The van der Waals surface area contributed by atoms with Crippen LogP contribution in [-0.4, -0.2) is 22.1 Å². The number of non-ortho nitro benzene ring substituents is 1. The maximum Gasteiger partial charge on any atom is 0.269 e. The molecule has 0 radical (unpaired) electrons. The molecule has 0 aliphatic rings. The van der Waals surface area contributed by atoms with Crippen molar-refractivity contribution in [3.63, 3.8) is 0 Å². The topological polar surface area (TPSA) is 86.2 Å². The number of nitro groups is 1. The van der Waals surface area contributed by atoms with Crippen LogP contribution in [0.25, 0.3) is 0 Å². The Balaban J connectivity index is 2.81. The Kier molecular flexibility index (Phi) is 4.57. The molecule has 0 spiro atoms. The maximum atomic E-state index is 11.7. The average Bonchev–Trinajstić information content (AvgIpc) is 2.28. The van der Waals surface area contributed by atoms with Gasteiger partial charge in [-0.2, -0.15) is 0 Å². The number of halogens is 1. The summed E-state index contributed by atoms with van der Waals surface area (Å²) in [7, 11) is 0. The summed E-state index contributed by atoms with van der Waals surface area (Å²) in [5.41, 5.74) is 5.76. The normalized spacial score (nSPS) is 12.1. The lowest BCUT2D eigenvalue weighted by atomic mass is 10.1. The molecule has 5 nitrogen and oxygen atoms in total. The van der Waals surface area contributed by atoms with Crippen LogP contribution in [0.15, 0.2) is 24.3 Å². The van der Waals surface area contributed by atoms with E-state index in [0.29, 0.717) is 18.5 Å². The average molecular weight is 287 g/mol. The van der Waals surface area contributed by atoms with Gasteiger partial charge in [0.25, 0.3) is 5.69 Å². The largest absolute Gasteiger partial charge is 0.330 e. The molecule has 0 aliphatic heterocycles. The van der Waals surface area contributed by atoms with Gasteiger partial charge in [0.1, 0.15) is 0 Å². The Hall–Kier alpha value is -1.27. The number of ketones is 1. The number of nitrogens with two attached hydrogens (primary N) is 1. The lowest BCUT2D eigenvalue weighted by Gasteiger charge is -2.06. The van der Waals surface area contributed by atoms with Gasteiger partial charge < -0.3 is 5.73 Å². The standard InChI is InChI=1S/C10H11BrN2O3/c11-9(5-6-12)10(14)7-1-3-8(4-2-7)13(15)16/h1-4,9H,5-6,12H2. The molecule has 0 heterocycles. The molecule has 0 saturated carbocycles. The first-order chi connectivity index (χ1) is 7.56. The quantitative estimate of drug-likeness (QED) is 0.388. The van der Waals surface area contributed by atoms with Crippen LogP contribution in [0.4, 0.5) is 5.69 Å². The highest BCUT2D eigenvalue weighted by Crippen LogP contribution is 2.16. The first kappa shape index (κ1) is 12.8. The van der Waals surface area contributed by atoms with Crippen molar-refractivity contribution in [2.45, 2.75) is 11.2 Å². The maximum absolute atomic E-state index is 11.7. The molecule has 0 bridgehead atoms. The number of hydrogen-bond donors (Lipinski definition) is 1. The van der Waals surface area contributed by atoms with Crippen LogP contribution in [0.3, 0.4) is 0 Å². The van der Waals surface area contributed by atoms with Crippen LogP contribution < -0.4 is 5.73 Å². The predicted octanol–water partition coefficient (Wildman–Crippen LogP) is 1.89. The second-order valence-corrected chi connectivity index (χ2v) is 4.32.